The number of nitrogens with zero attached hydrogens (tertiary/aromatic N) is 3. The van der Waals surface area contributed by atoms with Crippen LogP contribution < -0.4 is 5.32 Å². The Morgan fingerprint density at radius 3 is 2.65 bits per heavy atom. The molecular formula is C12H20N4O4. The highest BCUT2D eigenvalue weighted by Crippen LogP contribution is 2.15. The molecule has 0 saturated carbocycles. The van der Waals surface area contributed by atoms with Gasteiger partial charge in [0.05, 0.1) is 16.7 Å². The van der Waals surface area contributed by atoms with Crippen LogP contribution in [0.4, 0.5) is 5.69 Å². The third-order valence-electron chi connectivity index (χ3n) is 2.72. The first-order valence-electron chi connectivity index (χ1n) is 6.08. The van der Waals surface area contributed by atoms with Gasteiger partial charge in [0.2, 0.25) is 0 Å². The number of amides is 1. The number of carbonyl (C=O) groups excluding carboxylic acids is 1. The Kier molecular flexibility index (Phi) is 4.85. The molecule has 1 aromatic heterocycles. The molecule has 0 saturated heterocycles. The highest BCUT2D eigenvalue weighted by molar-refractivity contribution is 5.93. The van der Waals surface area contributed by atoms with E-state index in [1.165, 1.54) is 16.8 Å². The smallest absolute Gasteiger partial charge is 0.287 e. The van der Waals surface area contributed by atoms with Crippen molar-refractivity contribution >= 4 is 11.6 Å². The number of likely N-dealkylation sites (N-methyl/N-ethyl adjacent to an activating group) is 1. The fraction of sp³-hybridized carbons (Fsp3) is 0.583. The highest BCUT2D eigenvalue weighted by atomic mass is 16.6. The fourth-order valence-corrected chi connectivity index (χ4v) is 1.97. The molecule has 2 N–H and O–H groups in total. The molecule has 0 aliphatic heterocycles. The first kappa shape index (κ1) is 16.1. The number of nitro groups is 1. The first-order valence-corrected chi connectivity index (χ1v) is 6.08. The minimum absolute atomic E-state index is 0.0585. The van der Waals surface area contributed by atoms with E-state index < -0.39 is 16.4 Å². The molecule has 1 atom stereocenters. The van der Waals surface area contributed by atoms with Crippen molar-refractivity contribution in [3.8, 4) is 0 Å². The molecule has 0 aliphatic rings. The number of rotatable bonds is 6. The molecular weight excluding hydrogens is 264 g/mol. The van der Waals surface area contributed by atoms with Crippen LogP contribution in [0.15, 0.2) is 12.3 Å². The standard InChI is InChI=1S/C12H20N4O4/c1-12(18,8-14(2)3)7-13-11(17)10-5-9(16(19)20)6-15(10)4/h5-6,18H,7-8H2,1-4H3,(H,13,17). The van der Waals surface area contributed by atoms with Crippen molar-refractivity contribution < 1.29 is 14.8 Å². The molecule has 1 amide bonds. The summed E-state index contributed by atoms with van der Waals surface area (Å²) in [6.45, 7) is 2.06. The molecule has 1 heterocycles. The lowest BCUT2D eigenvalue weighted by Gasteiger charge is -2.27. The van der Waals surface area contributed by atoms with Gasteiger partial charge in [-0.2, -0.15) is 0 Å². The number of hydrogen-bond acceptors (Lipinski definition) is 5. The number of aryl methyl sites for hydroxylation is 1. The summed E-state index contributed by atoms with van der Waals surface area (Å²) in [5, 5.41) is 23.3. The topological polar surface area (TPSA) is 101 Å². The number of hydrogen-bond donors (Lipinski definition) is 2. The van der Waals surface area contributed by atoms with Crippen LogP contribution in [0.2, 0.25) is 0 Å². The van der Waals surface area contributed by atoms with E-state index in [9.17, 15) is 20.0 Å². The number of nitrogens with one attached hydrogen (secondary N) is 1. The van der Waals surface area contributed by atoms with Gasteiger partial charge >= 0.3 is 0 Å². The summed E-state index contributed by atoms with van der Waals surface area (Å²) in [6, 6.07) is 1.20. The number of aromatic nitrogens is 1. The first-order chi connectivity index (χ1) is 9.12. The maximum absolute atomic E-state index is 12.0. The molecule has 1 unspecified atom stereocenters. The minimum atomic E-state index is -1.07. The maximum atomic E-state index is 12.0. The van der Waals surface area contributed by atoms with Gasteiger partial charge in [0.15, 0.2) is 0 Å². The zero-order chi connectivity index (χ0) is 15.5. The van der Waals surface area contributed by atoms with Crippen LogP contribution in [0.1, 0.15) is 17.4 Å². The van der Waals surface area contributed by atoms with Gasteiger partial charge in [-0.3, -0.25) is 14.9 Å². The van der Waals surface area contributed by atoms with E-state index in [0.29, 0.717) is 6.54 Å². The lowest BCUT2D eigenvalue weighted by Crippen LogP contribution is -2.47. The largest absolute Gasteiger partial charge is 0.387 e. The summed E-state index contributed by atoms with van der Waals surface area (Å²) < 4.78 is 1.38. The van der Waals surface area contributed by atoms with Crippen molar-refractivity contribution in [2.75, 3.05) is 27.2 Å². The second-order valence-electron chi connectivity index (χ2n) is 5.37. The van der Waals surface area contributed by atoms with Crippen molar-refractivity contribution in [1.29, 1.82) is 0 Å². The van der Waals surface area contributed by atoms with Crippen molar-refractivity contribution in [3.05, 3.63) is 28.1 Å². The molecule has 20 heavy (non-hydrogen) atoms. The summed E-state index contributed by atoms with van der Waals surface area (Å²) in [5.41, 5.74) is -1.04. The summed E-state index contributed by atoms with van der Waals surface area (Å²) in [7, 11) is 5.19. The monoisotopic (exact) mass is 284 g/mol. The van der Waals surface area contributed by atoms with Crippen LogP contribution in [0, 0.1) is 10.1 Å². The second-order valence-corrected chi connectivity index (χ2v) is 5.37. The highest BCUT2D eigenvalue weighted by Gasteiger charge is 2.24. The number of aliphatic hydroxyl groups is 1. The van der Waals surface area contributed by atoms with Gasteiger partial charge in [-0.25, -0.2) is 0 Å². The zero-order valence-electron chi connectivity index (χ0n) is 12.1. The summed E-state index contributed by atoms with van der Waals surface area (Å²) in [6.07, 6.45) is 1.27. The molecule has 0 aromatic carbocycles. The Bertz CT molecular complexity index is 508. The molecule has 0 aliphatic carbocycles. The third-order valence-corrected chi connectivity index (χ3v) is 2.72. The lowest BCUT2D eigenvalue weighted by atomic mass is 10.1. The van der Waals surface area contributed by atoms with Crippen molar-refractivity contribution in [1.82, 2.24) is 14.8 Å². The molecule has 0 radical (unpaired) electrons. The van der Waals surface area contributed by atoms with Crippen molar-refractivity contribution in [2.24, 2.45) is 7.05 Å². The predicted molar refractivity (Wildman–Crippen MR) is 73.6 cm³/mol. The van der Waals surface area contributed by atoms with Crippen LogP contribution in [0.25, 0.3) is 0 Å². The SMILES string of the molecule is CN(C)CC(C)(O)CNC(=O)c1cc([N+](=O)[O-])cn1C. The van der Waals surface area contributed by atoms with E-state index in [0.717, 1.165) is 0 Å². The summed E-state index contributed by atoms with van der Waals surface area (Å²) >= 11 is 0. The molecule has 8 nitrogen and oxygen atoms in total. The Balaban J connectivity index is 2.70. The molecule has 1 rings (SSSR count). The predicted octanol–water partition coefficient (Wildman–Crippen LogP) is -0.0243. The molecule has 112 valence electrons. The van der Waals surface area contributed by atoms with E-state index >= 15 is 0 Å². The third kappa shape index (κ3) is 4.32. The summed E-state index contributed by atoms with van der Waals surface area (Å²) in [4.78, 5) is 23.8. The van der Waals surface area contributed by atoms with Crippen molar-refractivity contribution in [3.63, 3.8) is 0 Å². The molecule has 0 fully saturated rings. The minimum Gasteiger partial charge on any atom is -0.387 e. The van der Waals surface area contributed by atoms with Gasteiger partial charge in [0.25, 0.3) is 11.6 Å². The van der Waals surface area contributed by atoms with Gasteiger partial charge in [-0.15, -0.1) is 0 Å². The molecule has 8 heteroatoms. The van der Waals surface area contributed by atoms with Crippen LogP contribution in [0.3, 0.4) is 0 Å². The Hall–Kier alpha value is -1.93. The summed E-state index contributed by atoms with van der Waals surface area (Å²) in [5.74, 6) is -0.459. The van der Waals surface area contributed by atoms with Gasteiger partial charge < -0.3 is 19.9 Å². The van der Waals surface area contributed by atoms with Gasteiger partial charge in [-0.05, 0) is 21.0 Å². The van der Waals surface area contributed by atoms with Gasteiger partial charge in [-0.1, -0.05) is 0 Å². The maximum Gasteiger partial charge on any atom is 0.287 e. The normalized spacial score (nSPS) is 14.1. The Morgan fingerprint density at radius 1 is 1.60 bits per heavy atom. The molecule has 1 aromatic rings. The zero-order valence-corrected chi connectivity index (χ0v) is 12.1. The fourth-order valence-electron chi connectivity index (χ4n) is 1.97. The average molecular weight is 284 g/mol. The van der Waals surface area contributed by atoms with Gasteiger partial charge in [0, 0.05) is 26.2 Å². The average Bonchev–Trinajstić information content (AvgIpc) is 2.67. The Labute approximate surface area is 117 Å². The van der Waals surface area contributed by atoms with E-state index in [1.54, 1.807) is 18.9 Å². The van der Waals surface area contributed by atoms with Gasteiger partial charge in [0.1, 0.15) is 5.69 Å². The Morgan fingerprint density at radius 2 is 2.20 bits per heavy atom. The van der Waals surface area contributed by atoms with E-state index in [2.05, 4.69) is 5.32 Å². The van der Waals surface area contributed by atoms with Crippen LogP contribution >= 0.6 is 0 Å². The quantitative estimate of drug-likeness (QED) is 0.564. The van der Waals surface area contributed by atoms with E-state index in [4.69, 9.17) is 0 Å². The van der Waals surface area contributed by atoms with E-state index in [-0.39, 0.29) is 17.9 Å². The number of carbonyl (C=O) groups is 1. The van der Waals surface area contributed by atoms with Crippen LogP contribution in [0.5, 0.6) is 0 Å². The van der Waals surface area contributed by atoms with E-state index in [1.807, 2.05) is 14.1 Å². The lowest BCUT2D eigenvalue weighted by molar-refractivity contribution is -0.384. The van der Waals surface area contributed by atoms with Crippen LogP contribution in [-0.2, 0) is 7.05 Å². The second kappa shape index (κ2) is 6.02. The molecule has 0 spiro atoms. The molecule has 0 bridgehead atoms. The van der Waals surface area contributed by atoms with Crippen LogP contribution in [-0.4, -0.2) is 58.2 Å². The van der Waals surface area contributed by atoms with Crippen molar-refractivity contribution in [2.45, 2.75) is 12.5 Å².